The Morgan fingerprint density at radius 2 is 1.61 bits per heavy atom. The highest BCUT2D eigenvalue weighted by atomic mass is 35.5. The third kappa shape index (κ3) is 4.11. The standard InChI is InChI=1S/C24H23ClN2O/c25-22-11-10-18-12-14-26-15-13-21(18)23(22)27-16-17-6-8-20(9-7-17)24(28)19-4-2-1-3-5-19/h1-11,26-27H,12-16H2. The van der Waals surface area contributed by atoms with Crippen LogP contribution in [0.2, 0.25) is 5.02 Å². The van der Waals surface area contributed by atoms with Gasteiger partial charge in [-0.15, -0.1) is 0 Å². The molecule has 0 aromatic heterocycles. The summed E-state index contributed by atoms with van der Waals surface area (Å²) in [4.78, 5) is 12.5. The predicted molar refractivity (Wildman–Crippen MR) is 115 cm³/mol. The van der Waals surface area contributed by atoms with Crippen LogP contribution < -0.4 is 10.6 Å². The molecule has 0 radical (unpaired) electrons. The van der Waals surface area contributed by atoms with Crippen LogP contribution in [0, 0.1) is 0 Å². The first kappa shape index (κ1) is 18.7. The number of ketones is 1. The molecule has 0 bridgehead atoms. The summed E-state index contributed by atoms with van der Waals surface area (Å²) in [6.07, 6.45) is 2.00. The molecule has 1 aliphatic heterocycles. The Kier molecular flexibility index (Phi) is 5.75. The smallest absolute Gasteiger partial charge is 0.193 e. The Labute approximate surface area is 170 Å². The zero-order valence-electron chi connectivity index (χ0n) is 15.7. The van der Waals surface area contributed by atoms with Gasteiger partial charge in [0.05, 0.1) is 10.7 Å². The summed E-state index contributed by atoms with van der Waals surface area (Å²) in [6.45, 7) is 2.65. The highest BCUT2D eigenvalue weighted by Crippen LogP contribution is 2.31. The number of fused-ring (bicyclic) bond motifs is 1. The van der Waals surface area contributed by atoms with Crippen molar-refractivity contribution < 1.29 is 4.79 Å². The minimum atomic E-state index is 0.0454. The van der Waals surface area contributed by atoms with Crippen LogP contribution >= 0.6 is 11.6 Å². The van der Waals surface area contributed by atoms with E-state index in [4.69, 9.17) is 11.6 Å². The first-order chi connectivity index (χ1) is 13.7. The second-order valence-electron chi connectivity index (χ2n) is 7.06. The molecule has 0 saturated heterocycles. The van der Waals surface area contributed by atoms with Crippen molar-refractivity contribution in [3.8, 4) is 0 Å². The summed E-state index contributed by atoms with van der Waals surface area (Å²) in [7, 11) is 0. The Balaban J connectivity index is 1.48. The first-order valence-electron chi connectivity index (χ1n) is 9.66. The number of carbonyl (C=O) groups excluding carboxylic acids is 1. The lowest BCUT2D eigenvalue weighted by molar-refractivity contribution is 0.103. The molecule has 1 aliphatic rings. The summed E-state index contributed by atoms with van der Waals surface area (Å²) < 4.78 is 0. The van der Waals surface area contributed by atoms with Crippen molar-refractivity contribution in [1.29, 1.82) is 0 Å². The maximum absolute atomic E-state index is 12.5. The fourth-order valence-corrected chi connectivity index (χ4v) is 3.90. The molecular formula is C24H23ClN2O. The van der Waals surface area contributed by atoms with Crippen molar-refractivity contribution in [3.63, 3.8) is 0 Å². The Bertz CT molecular complexity index is 968. The van der Waals surface area contributed by atoms with Crippen molar-refractivity contribution in [2.45, 2.75) is 19.4 Å². The van der Waals surface area contributed by atoms with E-state index in [0.29, 0.717) is 17.7 Å². The highest BCUT2D eigenvalue weighted by molar-refractivity contribution is 6.33. The quantitative estimate of drug-likeness (QED) is 0.610. The van der Waals surface area contributed by atoms with E-state index in [1.54, 1.807) is 0 Å². The zero-order chi connectivity index (χ0) is 19.3. The monoisotopic (exact) mass is 390 g/mol. The molecule has 0 aliphatic carbocycles. The average molecular weight is 391 g/mol. The van der Waals surface area contributed by atoms with Crippen molar-refractivity contribution in [1.82, 2.24) is 5.32 Å². The molecular weight excluding hydrogens is 368 g/mol. The number of benzene rings is 3. The van der Waals surface area contributed by atoms with Gasteiger partial charge in [0.1, 0.15) is 0 Å². The van der Waals surface area contributed by atoms with E-state index in [1.165, 1.54) is 11.1 Å². The summed E-state index contributed by atoms with van der Waals surface area (Å²) in [5.74, 6) is 0.0454. The number of halogens is 1. The minimum absolute atomic E-state index is 0.0454. The highest BCUT2D eigenvalue weighted by Gasteiger charge is 2.15. The van der Waals surface area contributed by atoms with Gasteiger partial charge >= 0.3 is 0 Å². The minimum Gasteiger partial charge on any atom is -0.380 e. The largest absolute Gasteiger partial charge is 0.380 e. The summed E-state index contributed by atoms with van der Waals surface area (Å²) in [5, 5.41) is 7.72. The van der Waals surface area contributed by atoms with Gasteiger partial charge < -0.3 is 10.6 Å². The normalized spacial score (nSPS) is 13.5. The molecule has 28 heavy (non-hydrogen) atoms. The van der Waals surface area contributed by atoms with Crippen LogP contribution in [0.4, 0.5) is 5.69 Å². The molecule has 0 spiro atoms. The summed E-state index contributed by atoms with van der Waals surface area (Å²) in [5.41, 5.74) is 6.24. The van der Waals surface area contributed by atoms with Crippen LogP contribution in [0.1, 0.15) is 32.6 Å². The lowest BCUT2D eigenvalue weighted by atomic mass is 10.00. The van der Waals surface area contributed by atoms with Gasteiger partial charge in [-0.1, -0.05) is 72.3 Å². The third-order valence-corrected chi connectivity index (χ3v) is 5.52. The van der Waals surface area contributed by atoms with Crippen LogP contribution in [0.25, 0.3) is 0 Å². The van der Waals surface area contributed by atoms with Crippen LogP contribution in [0.3, 0.4) is 0 Å². The number of nitrogens with one attached hydrogen (secondary N) is 2. The Morgan fingerprint density at radius 1 is 0.893 bits per heavy atom. The van der Waals surface area contributed by atoms with Gasteiger partial charge in [-0.3, -0.25) is 4.79 Å². The van der Waals surface area contributed by atoms with Crippen LogP contribution in [0.5, 0.6) is 0 Å². The molecule has 3 aromatic rings. The Hall–Kier alpha value is -2.62. The fourth-order valence-electron chi connectivity index (χ4n) is 3.66. The van der Waals surface area contributed by atoms with E-state index >= 15 is 0 Å². The zero-order valence-corrected chi connectivity index (χ0v) is 16.4. The van der Waals surface area contributed by atoms with E-state index in [1.807, 2.05) is 60.7 Å². The molecule has 142 valence electrons. The number of anilines is 1. The van der Waals surface area contributed by atoms with Gasteiger partial charge in [0.15, 0.2) is 5.78 Å². The van der Waals surface area contributed by atoms with Gasteiger partial charge in [0.2, 0.25) is 0 Å². The number of carbonyl (C=O) groups is 1. The van der Waals surface area contributed by atoms with E-state index in [9.17, 15) is 4.79 Å². The molecule has 0 atom stereocenters. The number of hydrogen-bond donors (Lipinski definition) is 2. The second-order valence-corrected chi connectivity index (χ2v) is 7.46. The van der Waals surface area contributed by atoms with Crippen LogP contribution in [-0.2, 0) is 19.4 Å². The maximum atomic E-state index is 12.5. The maximum Gasteiger partial charge on any atom is 0.193 e. The van der Waals surface area contributed by atoms with E-state index < -0.39 is 0 Å². The van der Waals surface area contributed by atoms with Crippen molar-refractivity contribution in [2.24, 2.45) is 0 Å². The van der Waals surface area contributed by atoms with Crippen molar-refractivity contribution >= 4 is 23.1 Å². The first-order valence-corrected chi connectivity index (χ1v) is 10.0. The topological polar surface area (TPSA) is 41.1 Å². The van der Waals surface area contributed by atoms with Gasteiger partial charge in [-0.25, -0.2) is 0 Å². The Morgan fingerprint density at radius 3 is 2.39 bits per heavy atom. The number of rotatable bonds is 5. The van der Waals surface area contributed by atoms with Crippen LogP contribution in [-0.4, -0.2) is 18.9 Å². The molecule has 4 rings (SSSR count). The third-order valence-electron chi connectivity index (χ3n) is 5.20. The van der Waals surface area contributed by atoms with E-state index in [0.717, 1.165) is 42.2 Å². The lowest BCUT2D eigenvalue weighted by Crippen LogP contribution is -2.16. The van der Waals surface area contributed by atoms with Crippen molar-refractivity contribution in [3.05, 3.63) is 99.6 Å². The van der Waals surface area contributed by atoms with Gasteiger partial charge in [-0.05, 0) is 48.7 Å². The number of hydrogen-bond acceptors (Lipinski definition) is 3. The predicted octanol–water partition coefficient (Wildman–Crippen LogP) is 4.87. The summed E-state index contributed by atoms with van der Waals surface area (Å²) in [6, 6.07) is 21.3. The van der Waals surface area contributed by atoms with E-state index in [2.05, 4.69) is 16.7 Å². The molecule has 0 amide bonds. The molecule has 1 heterocycles. The second kappa shape index (κ2) is 8.59. The molecule has 0 saturated carbocycles. The lowest BCUT2D eigenvalue weighted by Gasteiger charge is -2.16. The summed E-state index contributed by atoms with van der Waals surface area (Å²) >= 11 is 6.49. The van der Waals surface area contributed by atoms with E-state index in [-0.39, 0.29) is 5.78 Å². The SMILES string of the molecule is O=C(c1ccccc1)c1ccc(CNc2c(Cl)ccc3c2CCNCC3)cc1. The average Bonchev–Trinajstić information content (AvgIpc) is 2.99. The molecule has 3 aromatic carbocycles. The van der Waals surface area contributed by atoms with Crippen LogP contribution in [0.15, 0.2) is 66.7 Å². The molecule has 0 fully saturated rings. The van der Waals surface area contributed by atoms with Crippen molar-refractivity contribution in [2.75, 3.05) is 18.4 Å². The molecule has 3 nitrogen and oxygen atoms in total. The molecule has 4 heteroatoms. The molecule has 0 unspecified atom stereocenters. The molecule has 2 N–H and O–H groups in total. The van der Waals surface area contributed by atoms with Gasteiger partial charge in [0, 0.05) is 17.7 Å². The van der Waals surface area contributed by atoms with Gasteiger partial charge in [0.25, 0.3) is 0 Å². The van der Waals surface area contributed by atoms with Gasteiger partial charge in [-0.2, -0.15) is 0 Å². The fraction of sp³-hybridized carbons (Fsp3) is 0.208.